The second-order valence-electron chi connectivity index (χ2n) is 4.64. The maximum Gasteiger partial charge on any atom is 0.422 e. The van der Waals surface area contributed by atoms with Gasteiger partial charge in [-0.1, -0.05) is 48.0 Å². The summed E-state index contributed by atoms with van der Waals surface area (Å²) in [6.45, 7) is 1.78. The smallest absolute Gasteiger partial charge is 0.366 e. The molecule has 0 aromatic heterocycles. The molecule has 2 aromatic rings. The summed E-state index contributed by atoms with van der Waals surface area (Å²) in [7, 11) is 0. The molecule has 1 atom stereocenters. The fourth-order valence-electron chi connectivity index (χ4n) is 1.80. The normalized spacial score (nSPS) is 14.1. The summed E-state index contributed by atoms with van der Waals surface area (Å²) in [4.78, 5) is 0.0698. The Labute approximate surface area is 133 Å². The molecule has 0 aliphatic heterocycles. The van der Waals surface area contributed by atoms with E-state index < -0.39 is 34.4 Å². The zero-order valence-corrected chi connectivity index (χ0v) is 12.7. The van der Waals surface area contributed by atoms with Gasteiger partial charge < -0.3 is 4.18 Å². The highest BCUT2D eigenvalue weighted by atomic mass is 32.2. The second-order valence-corrected chi connectivity index (χ2v) is 5.75. The Kier molecular flexibility index (Phi) is 5.20. The summed E-state index contributed by atoms with van der Waals surface area (Å²) >= 11 is -2.38. The van der Waals surface area contributed by atoms with Crippen molar-refractivity contribution in [2.45, 2.75) is 18.0 Å². The summed E-state index contributed by atoms with van der Waals surface area (Å²) in [5.41, 5.74) is -1.14. The third-order valence-corrected chi connectivity index (χ3v) is 3.86. The minimum Gasteiger partial charge on any atom is -0.366 e. The van der Waals surface area contributed by atoms with Gasteiger partial charge in [0.2, 0.25) is 11.1 Å². The second kappa shape index (κ2) is 6.95. The highest BCUT2D eigenvalue weighted by Gasteiger charge is 2.40. The molecule has 1 unspecified atom stereocenters. The lowest BCUT2D eigenvalue weighted by Gasteiger charge is -2.13. The van der Waals surface area contributed by atoms with Crippen molar-refractivity contribution in [2.24, 2.45) is 0 Å². The number of aryl methyl sites for hydroxylation is 1. The van der Waals surface area contributed by atoms with Gasteiger partial charge in [0.05, 0.1) is 4.90 Å². The number of hydrogen-bond donors (Lipinski definition) is 0. The highest BCUT2D eigenvalue weighted by Crippen LogP contribution is 2.37. The van der Waals surface area contributed by atoms with E-state index in [1.807, 2.05) is 0 Å². The van der Waals surface area contributed by atoms with Crippen LogP contribution in [0.4, 0.5) is 17.6 Å². The molecule has 23 heavy (non-hydrogen) atoms. The topological polar surface area (TPSA) is 26.3 Å². The molecule has 0 N–H and O–H groups in total. The number of hydrogen-bond acceptors (Lipinski definition) is 2. The van der Waals surface area contributed by atoms with Gasteiger partial charge >= 0.3 is 12.2 Å². The monoisotopic (exact) mass is 344 g/mol. The third-order valence-electron chi connectivity index (χ3n) is 2.90. The van der Waals surface area contributed by atoms with E-state index in [-0.39, 0.29) is 4.90 Å². The predicted molar refractivity (Wildman–Crippen MR) is 79.2 cm³/mol. The fraction of sp³-hybridized carbons (Fsp3) is 0.125. The van der Waals surface area contributed by atoms with E-state index in [1.54, 1.807) is 19.1 Å². The zero-order chi connectivity index (χ0) is 17.0. The van der Waals surface area contributed by atoms with Gasteiger partial charge in [0.1, 0.15) is 5.57 Å². The number of rotatable bonds is 4. The standard InChI is InChI=1S/C16H12F4O2S/c1-11-7-9-13(10-8-11)23(21)22-15(17)14(16(18,19)20)12-5-3-2-4-6-12/h2-10H,1H3/b15-14+. The minimum atomic E-state index is -4.98. The van der Waals surface area contributed by atoms with Crippen molar-refractivity contribution < 1.29 is 26.0 Å². The molecule has 0 saturated heterocycles. The first kappa shape index (κ1) is 17.2. The molecule has 2 nitrogen and oxygen atoms in total. The van der Waals surface area contributed by atoms with Crippen molar-refractivity contribution in [3.8, 4) is 0 Å². The maximum atomic E-state index is 14.0. The lowest BCUT2D eigenvalue weighted by Crippen LogP contribution is -2.14. The van der Waals surface area contributed by atoms with Crippen LogP contribution in [-0.2, 0) is 15.3 Å². The van der Waals surface area contributed by atoms with E-state index in [2.05, 4.69) is 4.18 Å². The van der Waals surface area contributed by atoms with Crippen LogP contribution in [-0.4, -0.2) is 10.4 Å². The molecule has 0 aliphatic rings. The van der Waals surface area contributed by atoms with E-state index in [1.165, 1.54) is 30.3 Å². The molecule has 0 heterocycles. The molecule has 2 aromatic carbocycles. The van der Waals surface area contributed by atoms with Crippen LogP contribution in [0.5, 0.6) is 0 Å². The van der Waals surface area contributed by atoms with Gasteiger partial charge in [0.15, 0.2) is 0 Å². The third kappa shape index (κ3) is 4.41. The van der Waals surface area contributed by atoms with E-state index >= 15 is 0 Å². The first-order valence-electron chi connectivity index (χ1n) is 6.48. The van der Waals surface area contributed by atoms with E-state index in [0.29, 0.717) is 0 Å². The van der Waals surface area contributed by atoms with Crippen molar-refractivity contribution in [2.75, 3.05) is 0 Å². The average Bonchev–Trinajstić information content (AvgIpc) is 2.47. The number of allylic oxidation sites excluding steroid dienone is 1. The van der Waals surface area contributed by atoms with Crippen LogP contribution >= 0.6 is 0 Å². The van der Waals surface area contributed by atoms with Gasteiger partial charge in [-0.2, -0.15) is 17.6 Å². The molecule has 2 rings (SSSR count). The lowest BCUT2D eigenvalue weighted by molar-refractivity contribution is -0.0715. The Balaban J connectivity index is 2.36. The largest absolute Gasteiger partial charge is 0.422 e. The molecule has 0 fully saturated rings. The number of halogens is 4. The molecular formula is C16H12F4O2S. The van der Waals surface area contributed by atoms with E-state index in [0.717, 1.165) is 17.7 Å². The Bertz CT molecular complexity index is 722. The lowest BCUT2D eigenvalue weighted by atomic mass is 10.1. The van der Waals surface area contributed by atoms with Crippen molar-refractivity contribution >= 4 is 16.7 Å². The SMILES string of the molecule is Cc1ccc(S(=O)O/C(F)=C(\c2ccccc2)C(F)(F)F)cc1. The highest BCUT2D eigenvalue weighted by molar-refractivity contribution is 7.80. The van der Waals surface area contributed by atoms with Crippen molar-refractivity contribution in [1.29, 1.82) is 0 Å². The summed E-state index contributed by atoms with van der Waals surface area (Å²) in [6.07, 6.45) is -4.98. The van der Waals surface area contributed by atoms with Crippen LogP contribution < -0.4 is 0 Å². The maximum absolute atomic E-state index is 14.0. The minimum absolute atomic E-state index is 0.0698. The van der Waals surface area contributed by atoms with Crippen LogP contribution in [0.2, 0.25) is 0 Å². The number of benzene rings is 2. The molecule has 0 bridgehead atoms. The van der Waals surface area contributed by atoms with Gasteiger partial charge in [0, 0.05) is 0 Å². The zero-order valence-electron chi connectivity index (χ0n) is 11.9. The predicted octanol–water partition coefficient (Wildman–Crippen LogP) is 4.93. The summed E-state index contributed by atoms with van der Waals surface area (Å²) in [5.74, 6) is 0. The van der Waals surface area contributed by atoms with E-state index in [9.17, 15) is 21.8 Å². The summed E-state index contributed by atoms with van der Waals surface area (Å²) in [5, 5.41) is 0. The van der Waals surface area contributed by atoms with Crippen LogP contribution in [0, 0.1) is 6.92 Å². The molecular weight excluding hydrogens is 332 g/mol. The molecule has 0 spiro atoms. The Morgan fingerprint density at radius 2 is 1.57 bits per heavy atom. The quantitative estimate of drug-likeness (QED) is 0.580. The van der Waals surface area contributed by atoms with Gasteiger partial charge in [-0.05, 0) is 24.6 Å². The molecule has 0 radical (unpaired) electrons. The van der Waals surface area contributed by atoms with Gasteiger partial charge in [-0.15, -0.1) is 0 Å². The Hall–Kier alpha value is -2.15. The van der Waals surface area contributed by atoms with Crippen LogP contribution in [0.1, 0.15) is 11.1 Å². The Morgan fingerprint density at radius 3 is 2.09 bits per heavy atom. The molecule has 0 amide bonds. The van der Waals surface area contributed by atoms with E-state index in [4.69, 9.17) is 0 Å². The fourth-order valence-corrected chi connectivity index (χ4v) is 2.47. The van der Waals surface area contributed by atoms with Gasteiger partial charge in [-0.3, -0.25) is 0 Å². The van der Waals surface area contributed by atoms with Crippen LogP contribution in [0.3, 0.4) is 0 Å². The van der Waals surface area contributed by atoms with Crippen molar-refractivity contribution in [1.82, 2.24) is 0 Å². The summed E-state index contributed by atoms with van der Waals surface area (Å²) < 4.78 is 69.5. The Morgan fingerprint density at radius 1 is 1.00 bits per heavy atom. The molecule has 7 heteroatoms. The molecule has 122 valence electrons. The first-order valence-corrected chi connectivity index (χ1v) is 7.55. The van der Waals surface area contributed by atoms with Crippen molar-refractivity contribution in [3.05, 3.63) is 71.7 Å². The molecule has 0 aliphatic carbocycles. The van der Waals surface area contributed by atoms with Gasteiger partial charge in [0.25, 0.3) is 0 Å². The first-order chi connectivity index (χ1) is 10.8. The van der Waals surface area contributed by atoms with Gasteiger partial charge in [-0.25, -0.2) is 4.21 Å². The summed E-state index contributed by atoms with van der Waals surface area (Å²) in [6, 6.07) is 10.4. The average molecular weight is 344 g/mol. The number of alkyl halides is 3. The van der Waals surface area contributed by atoms with Crippen LogP contribution in [0.25, 0.3) is 5.57 Å². The molecule has 0 saturated carbocycles. The van der Waals surface area contributed by atoms with Crippen LogP contribution in [0.15, 0.2) is 65.5 Å². The van der Waals surface area contributed by atoms with Crippen molar-refractivity contribution in [3.63, 3.8) is 0 Å².